The number of anilines is 2. The van der Waals surface area contributed by atoms with Crippen molar-refractivity contribution in [3.8, 4) is 11.4 Å². The van der Waals surface area contributed by atoms with Gasteiger partial charge in [-0.25, -0.2) is 9.97 Å². The van der Waals surface area contributed by atoms with Crippen molar-refractivity contribution in [1.29, 1.82) is 0 Å². The third kappa shape index (κ3) is 2.90. The Morgan fingerprint density at radius 2 is 2.09 bits per heavy atom. The molecule has 0 saturated heterocycles. The zero-order valence-electron chi connectivity index (χ0n) is 12.4. The molecule has 0 unspecified atom stereocenters. The highest BCUT2D eigenvalue weighted by Crippen LogP contribution is 2.22. The highest BCUT2D eigenvalue weighted by atomic mass is 15.1. The van der Waals surface area contributed by atoms with Crippen LogP contribution in [0.15, 0.2) is 49.2 Å². The topological polar surface area (TPSA) is 81.7 Å². The SMILES string of the molecule is Cc1cnccc1NCCn1ccnc1-c1cccnc1N. The molecule has 0 fully saturated rings. The summed E-state index contributed by atoms with van der Waals surface area (Å²) in [6.45, 7) is 3.61. The predicted molar refractivity (Wildman–Crippen MR) is 87.3 cm³/mol. The van der Waals surface area contributed by atoms with E-state index >= 15 is 0 Å². The maximum atomic E-state index is 5.93. The van der Waals surface area contributed by atoms with Gasteiger partial charge in [0.15, 0.2) is 0 Å². The van der Waals surface area contributed by atoms with Crippen LogP contribution in [0.2, 0.25) is 0 Å². The Balaban J connectivity index is 1.71. The van der Waals surface area contributed by atoms with Crippen molar-refractivity contribution in [2.24, 2.45) is 0 Å². The molecular formula is C16H18N6. The van der Waals surface area contributed by atoms with E-state index in [9.17, 15) is 0 Å². The summed E-state index contributed by atoms with van der Waals surface area (Å²) in [5.74, 6) is 1.33. The van der Waals surface area contributed by atoms with Gasteiger partial charge in [-0.2, -0.15) is 0 Å². The standard InChI is InChI=1S/C16H18N6/c1-12-11-18-6-4-14(12)19-7-9-22-10-8-21-16(22)13-3-2-5-20-15(13)17/h2-6,8,10-11H,7,9H2,1H3,(H2,17,20)(H,18,19). The maximum Gasteiger partial charge on any atom is 0.143 e. The average molecular weight is 294 g/mol. The molecule has 3 heterocycles. The van der Waals surface area contributed by atoms with Crippen LogP contribution in [0, 0.1) is 6.92 Å². The summed E-state index contributed by atoms with van der Waals surface area (Å²) in [5.41, 5.74) is 9.01. The molecule has 0 amide bonds. The highest BCUT2D eigenvalue weighted by Gasteiger charge is 2.09. The summed E-state index contributed by atoms with van der Waals surface area (Å²) in [7, 11) is 0. The second-order valence-electron chi connectivity index (χ2n) is 5.00. The van der Waals surface area contributed by atoms with E-state index in [2.05, 4.69) is 24.8 Å². The summed E-state index contributed by atoms with van der Waals surface area (Å²) in [6.07, 6.45) is 9.04. The number of nitrogens with one attached hydrogen (secondary N) is 1. The van der Waals surface area contributed by atoms with Crippen LogP contribution in [0.25, 0.3) is 11.4 Å². The van der Waals surface area contributed by atoms with Gasteiger partial charge in [-0.3, -0.25) is 4.98 Å². The van der Waals surface area contributed by atoms with Gasteiger partial charge in [0.1, 0.15) is 11.6 Å². The lowest BCUT2D eigenvalue weighted by atomic mass is 10.2. The second-order valence-corrected chi connectivity index (χ2v) is 5.00. The number of imidazole rings is 1. The lowest BCUT2D eigenvalue weighted by molar-refractivity contribution is 0.734. The highest BCUT2D eigenvalue weighted by molar-refractivity contribution is 5.68. The van der Waals surface area contributed by atoms with Gasteiger partial charge in [-0.05, 0) is 30.7 Å². The van der Waals surface area contributed by atoms with E-state index in [0.29, 0.717) is 5.82 Å². The Morgan fingerprint density at radius 1 is 1.18 bits per heavy atom. The van der Waals surface area contributed by atoms with Crippen LogP contribution in [0.4, 0.5) is 11.5 Å². The molecule has 0 radical (unpaired) electrons. The number of nitrogens with two attached hydrogens (primary N) is 1. The van der Waals surface area contributed by atoms with Crippen molar-refractivity contribution >= 4 is 11.5 Å². The second kappa shape index (κ2) is 6.26. The first-order valence-electron chi connectivity index (χ1n) is 7.12. The van der Waals surface area contributed by atoms with E-state index in [4.69, 9.17) is 5.73 Å². The van der Waals surface area contributed by atoms with Crippen LogP contribution in [0.3, 0.4) is 0 Å². The minimum absolute atomic E-state index is 0.493. The molecule has 3 rings (SSSR count). The lowest BCUT2D eigenvalue weighted by Crippen LogP contribution is -2.12. The minimum atomic E-state index is 0.493. The summed E-state index contributed by atoms with van der Waals surface area (Å²) in [6, 6.07) is 5.77. The van der Waals surface area contributed by atoms with E-state index < -0.39 is 0 Å². The third-order valence-electron chi connectivity index (χ3n) is 3.48. The third-order valence-corrected chi connectivity index (χ3v) is 3.48. The number of nitrogen functional groups attached to an aromatic ring is 1. The van der Waals surface area contributed by atoms with Crippen molar-refractivity contribution < 1.29 is 0 Å². The molecule has 3 aromatic heterocycles. The Kier molecular flexibility index (Phi) is 4.00. The molecule has 0 atom stereocenters. The molecule has 0 spiro atoms. The predicted octanol–water partition coefficient (Wildman–Crippen LogP) is 2.34. The molecule has 0 aromatic carbocycles. The quantitative estimate of drug-likeness (QED) is 0.755. The van der Waals surface area contributed by atoms with Gasteiger partial charge in [-0.15, -0.1) is 0 Å². The molecule has 0 bridgehead atoms. The van der Waals surface area contributed by atoms with Gasteiger partial charge in [-0.1, -0.05) is 0 Å². The van der Waals surface area contributed by atoms with Crippen molar-refractivity contribution in [3.05, 3.63) is 54.7 Å². The first-order chi connectivity index (χ1) is 10.8. The molecule has 6 heteroatoms. The minimum Gasteiger partial charge on any atom is -0.383 e. The smallest absolute Gasteiger partial charge is 0.143 e. The van der Waals surface area contributed by atoms with Crippen LogP contribution >= 0.6 is 0 Å². The molecule has 112 valence electrons. The zero-order chi connectivity index (χ0) is 15.4. The molecule has 6 nitrogen and oxygen atoms in total. The fourth-order valence-corrected chi connectivity index (χ4v) is 2.32. The van der Waals surface area contributed by atoms with Gasteiger partial charge < -0.3 is 15.6 Å². The summed E-state index contributed by atoms with van der Waals surface area (Å²) >= 11 is 0. The molecule has 0 aliphatic carbocycles. The van der Waals surface area contributed by atoms with Gasteiger partial charge in [0, 0.05) is 49.8 Å². The summed E-state index contributed by atoms with van der Waals surface area (Å²) in [4.78, 5) is 12.6. The van der Waals surface area contributed by atoms with E-state index in [1.54, 1.807) is 18.6 Å². The summed E-state index contributed by atoms with van der Waals surface area (Å²) < 4.78 is 2.07. The maximum absolute atomic E-state index is 5.93. The normalized spacial score (nSPS) is 10.6. The van der Waals surface area contributed by atoms with Crippen LogP contribution in [0.5, 0.6) is 0 Å². The fraction of sp³-hybridized carbons (Fsp3) is 0.188. The van der Waals surface area contributed by atoms with Crippen molar-refractivity contribution in [1.82, 2.24) is 19.5 Å². The first-order valence-corrected chi connectivity index (χ1v) is 7.12. The van der Waals surface area contributed by atoms with Crippen LogP contribution in [-0.4, -0.2) is 26.1 Å². The number of aromatic nitrogens is 4. The van der Waals surface area contributed by atoms with E-state index in [1.807, 2.05) is 37.5 Å². The Hall–Kier alpha value is -2.89. The molecule has 0 saturated carbocycles. The van der Waals surface area contributed by atoms with Gasteiger partial charge in [0.05, 0.1) is 5.56 Å². The Labute approximate surface area is 129 Å². The van der Waals surface area contributed by atoms with Crippen LogP contribution < -0.4 is 11.1 Å². The lowest BCUT2D eigenvalue weighted by Gasteiger charge is -2.12. The number of pyridine rings is 2. The molecule has 3 N–H and O–H groups in total. The molecule has 3 aromatic rings. The van der Waals surface area contributed by atoms with E-state index in [0.717, 1.165) is 35.7 Å². The van der Waals surface area contributed by atoms with Crippen LogP contribution in [-0.2, 0) is 6.54 Å². The van der Waals surface area contributed by atoms with E-state index in [-0.39, 0.29) is 0 Å². The Morgan fingerprint density at radius 3 is 2.91 bits per heavy atom. The van der Waals surface area contributed by atoms with Crippen molar-refractivity contribution in [3.63, 3.8) is 0 Å². The molecule has 0 aliphatic heterocycles. The van der Waals surface area contributed by atoms with Crippen molar-refractivity contribution in [2.45, 2.75) is 13.5 Å². The average Bonchev–Trinajstić information content (AvgIpc) is 2.98. The fourth-order valence-electron chi connectivity index (χ4n) is 2.32. The Bertz CT molecular complexity index is 765. The molecule has 22 heavy (non-hydrogen) atoms. The van der Waals surface area contributed by atoms with Gasteiger partial charge >= 0.3 is 0 Å². The zero-order valence-corrected chi connectivity index (χ0v) is 12.4. The number of nitrogens with zero attached hydrogens (tertiary/aromatic N) is 4. The largest absolute Gasteiger partial charge is 0.383 e. The number of hydrogen-bond acceptors (Lipinski definition) is 5. The van der Waals surface area contributed by atoms with Crippen molar-refractivity contribution in [2.75, 3.05) is 17.6 Å². The molecule has 0 aliphatic rings. The number of aryl methyl sites for hydroxylation is 1. The number of hydrogen-bond donors (Lipinski definition) is 2. The first kappa shape index (κ1) is 14.1. The monoisotopic (exact) mass is 294 g/mol. The molecular weight excluding hydrogens is 276 g/mol. The number of rotatable bonds is 5. The van der Waals surface area contributed by atoms with Gasteiger partial charge in [0.25, 0.3) is 0 Å². The van der Waals surface area contributed by atoms with Gasteiger partial charge in [0.2, 0.25) is 0 Å². The summed E-state index contributed by atoms with van der Waals surface area (Å²) in [5, 5.41) is 3.41. The van der Waals surface area contributed by atoms with E-state index in [1.165, 1.54) is 0 Å². The van der Waals surface area contributed by atoms with Crippen LogP contribution in [0.1, 0.15) is 5.56 Å².